The first-order valence-corrected chi connectivity index (χ1v) is 6.58. The van der Waals surface area contributed by atoms with E-state index in [-0.39, 0.29) is 12.1 Å². The molecule has 0 heterocycles. The Morgan fingerprint density at radius 2 is 1.95 bits per heavy atom. The van der Waals surface area contributed by atoms with E-state index >= 15 is 0 Å². The molecule has 1 rings (SSSR count). The average Bonchev–Trinajstić information content (AvgIpc) is 2.37. The maximum atomic E-state index is 13.3. The monoisotopic (exact) mass is 318 g/mol. The zero-order valence-electron chi connectivity index (χ0n) is 12.6. The van der Waals surface area contributed by atoms with Gasteiger partial charge in [-0.1, -0.05) is 0 Å². The third-order valence-corrected chi connectivity index (χ3v) is 2.66. The molecule has 1 aromatic carbocycles. The van der Waals surface area contributed by atoms with Gasteiger partial charge in [0.05, 0.1) is 5.69 Å². The van der Waals surface area contributed by atoms with Crippen LogP contribution in [0.25, 0.3) is 0 Å². The lowest BCUT2D eigenvalue weighted by molar-refractivity contribution is 0.0130. The van der Waals surface area contributed by atoms with E-state index < -0.39 is 41.2 Å². The fourth-order valence-corrected chi connectivity index (χ4v) is 1.67. The summed E-state index contributed by atoms with van der Waals surface area (Å²) in [7, 11) is 0. The van der Waals surface area contributed by atoms with Crippen LogP contribution in [-0.2, 0) is 4.74 Å². The number of benzene rings is 1. The van der Waals surface area contributed by atoms with E-state index in [4.69, 9.17) is 10.5 Å². The molecule has 0 aliphatic carbocycles. The SMILES string of the molecule is CC(C)(C)OC(=O)NCC(O)C(O)c1cc(F)cc(F)c1N. The third-order valence-electron chi connectivity index (χ3n) is 2.66. The topological polar surface area (TPSA) is 105 Å². The van der Waals surface area contributed by atoms with Crippen molar-refractivity contribution >= 4 is 11.8 Å². The Kier molecular flexibility index (Phi) is 5.67. The van der Waals surface area contributed by atoms with Crippen molar-refractivity contribution in [3.05, 3.63) is 29.3 Å². The largest absolute Gasteiger partial charge is 0.444 e. The molecule has 0 radical (unpaired) electrons. The number of anilines is 1. The molecule has 124 valence electrons. The average molecular weight is 318 g/mol. The van der Waals surface area contributed by atoms with E-state index in [0.717, 1.165) is 6.07 Å². The van der Waals surface area contributed by atoms with E-state index in [0.29, 0.717) is 6.07 Å². The molecular weight excluding hydrogens is 298 g/mol. The highest BCUT2D eigenvalue weighted by atomic mass is 19.1. The summed E-state index contributed by atoms with van der Waals surface area (Å²) in [4.78, 5) is 11.4. The van der Waals surface area contributed by atoms with E-state index in [1.54, 1.807) is 20.8 Å². The van der Waals surface area contributed by atoms with Crippen LogP contribution < -0.4 is 11.1 Å². The second-order valence-corrected chi connectivity index (χ2v) is 5.79. The van der Waals surface area contributed by atoms with Gasteiger partial charge in [0.2, 0.25) is 0 Å². The number of halogens is 2. The molecule has 0 aromatic heterocycles. The van der Waals surface area contributed by atoms with Crippen LogP contribution in [0.5, 0.6) is 0 Å². The van der Waals surface area contributed by atoms with Crippen molar-refractivity contribution in [3.8, 4) is 0 Å². The van der Waals surface area contributed by atoms with Gasteiger partial charge in [0.25, 0.3) is 0 Å². The molecule has 0 saturated heterocycles. The number of aliphatic hydroxyl groups is 2. The number of hydrogen-bond acceptors (Lipinski definition) is 5. The number of nitrogens with one attached hydrogen (secondary N) is 1. The summed E-state index contributed by atoms with van der Waals surface area (Å²) >= 11 is 0. The van der Waals surface area contributed by atoms with Gasteiger partial charge in [0.15, 0.2) is 0 Å². The number of rotatable bonds is 4. The van der Waals surface area contributed by atoms with Crippen LogP contribution in [0.1, 0.15) is 32.4 Å². The van der Waals surface area contributed by atoms with Crippen LogP contribution in [0.3, 0.4) is 0 Å². The minimum Gasteiger partial charge on any atom is -0.444 e. The summed E-state index contributed by atoms with van der Waals surface area (Å²) in [5, 5.41) is 22.0. The Morgan fingerprint density at radius 3 is 2.50 bits per heavy atom. The van der Waals surface area contributed by atoms with Crippen molar-refractivity contribution in [1.82, 2.24) is 5.32 Å². The maximum Gasteiger partial charge on any atom is 0.407 e. The number of carbonyl (C=O) groups is 1. The Morgan fingerprint density at radius 1 is 1.36 bits per heavy atom. The molecule has 1 aromatic rings. The minimum atomic E-state index is -1.67. The van der Waals surface area contributed by atoms with Gasteiger partial charge in [-0.05, 0) is 26.8 Å². The highest BCUT2D eigenvalue weighted by Crippen LogP contribution is 2.26. The predicted octanol–water partition coefficient (Wildman–Crippen LogP) is 1.47. The van der Waals surface area contributed by atoms with E-state index in [2.05, 4.69) is 5.32 Å². The van der Waals surface area contributed by atoms with Crippen molar-refractivity contribution in [2.24, 2.45) is 0 Å². The molecule has 0 aliphatic heterocycles. The number of carbonyl (C=O) groups excluding carboxylic acids is 1. The molecule has 0 saturated carbocycles. The lowest BCUT2D eigenvalue weighted by atomic mass is 10.0. The summed E-state index contributed by atoms with van der Waals surface area (Å²) in [6.07, 6.45) is -3.98. The number of nitrogen functional groups attached to an aromatic ring is 1. The zero-order chi connectivity index (χ0) is 17.1. The molecule has 0 fully saturated rings. The molecule has 0 aliphatic rings. The van der Waals surface area contributed by atoms with Gasteiger partial charge in [-0.25, -0.2) is 13.6 Å². The fourth-order valence-electron chi connectivity index (χ4n) is 1.67. The van der Waals surface area contributed by atoms with Crippen molar-refractivity contribution < 1.29 is 28.5 Å². The van der Waals surface area contributed by atoms with Gasteiger partial charge in [-0.15, -0.1) is 0 Å². The molecular formula is C14H20F2N2O4. The Bertz CT molecular complexity index is 546. The number of ether oxygens (including phenoxy) is 1. The van der Waals surface area contributed by atoms with Gasteiger partial charge in [-0.3, -0.25) is 0 Å². The molecule has 5 N–H and O–H groups in total. The molecule has 22 heavy (non-hydrogen) atoms. The number of alkyl carbamates (subject to hydrolysis) is 1. The molecule has 0 spiro atoms. The minimum absolute atomic E-state index is 0.295. The lowest BCUT2D eigenvalue weighted by Gasteiger charge is -2.23. The van der Waals surface area contributed by atoms with Crippen molar-refractivity contribution in [1.29, 1.82) is 0 Å². The van der Waals surface area contributed by atoms with Crippen LogP contribution in [0, 0.1) is 11.6 Å². The van der Waals surface area contributed by atoms with Gasteiger partial charge < -0.3 is 26.0 Å². The van der Waals surface area contributed by atoms with Crippen LogP contribution in [0.2, 0.25) is 0 Å². The number of hydrogen-bond donors (Lipinski definition) is 4. The van der Waals surface area contributed by atoms with Crippen molar-refractivity contribution in [2.75, 3.05) is 12.3 Å². The summed E-state index contributed by atoms with van der Waals surface area (Å²) < 4.78 is 31.4. The van der Waals surface area contributed by atoms with Crippen molar-refractivity contribution in [2.45, 2.75) is 38.6 Å². The molecule has 0 bridgehead atoms. The number of amides is 1. The van der Waals surface area contributed by atoms with Crippen LogP contribution in [0.15, 0.2) is 12.1 Å². The first-order valence-electron chi connectivity index (χ1n) is 6.58. The number of aliphatic hydroxyl groups excluding tert-OH is 2. The second-order valence-electron chi connectivity index (χ2n) is 5.79. The van der Waals surface area contributed by atoms with Crippen LogP contribution in [-0.4, -0.2) is 34.6 Å². The third kappa shape index (κ3) is 5.12. The standard InChI is InChI=1S/C14H20F2N2O4/c1-14(2,3)22-13(21)18-6-10(19)12(20)8-4-7(15)5-9(16)11(8)17/h4-5,10,12,19-20H,6,17H2,1-3H3,(H,18,21). The van der Waals surface area contributed by atoms with Crippen molar-refractivity contribution in [3.63, 3.8) is 0 Å². The molecule has 6 nitrogen and oxygen atoms in total. The van der Waals surface area contributed by atoms with E-state index in [1.807, 2.05) is 0 Å². The highest BCUT2D eigenvalue weighted by molar-refractivity contribution is 5.67. The molecule has 8 heteroatoms. The first-order chi connectivity index (χ1) is 10.0. The van der Waals surface area contributed by atoms with Gasteiger partial charge in [0.1, 0.15) is 29.4 Å². The van der Waals surface area contributed by atoms with Crippen LogP contribution >= 0.6 is 0 Å². The number of nitrogens with two attached hydrogens (primary N) is 1. The summed E-state index contributed by atoms with van der Waals surface area (Å²) in [6, 6.07) is 1.39. The van der Waals surface area contributed by atoms with E-state index in [1.165, 1.54) is 0 Å². The lowest BCUT2D eigenvalue weighted by Crippen LogP contribution is -2.39. The maximum absolute atomic E-state index is 13.3. The fraction of sp³-hybridized carbons (Fsp3) is 0.500. The Balaban J connectivity index is 2.70. The normalized spacial score (nSPS) is 14.3. The van der Waals surface area contributed by atoms with Crippen LogP contribution in [0.4, 0.5) is 19.3 Å². The highest BCUT2D eigenvalue weighted by Gasteiger charge is 2.24. The Labute approximate surface area is 126 Å². The summed E-state index contributed by atoms with van der Waals surface area (Å²) in [5.41, 5.74) is 3.92. The molecule has 2 unspecified atom stereocenters. The quantitative estimate of drug-likeness (QED) is 0.629. The summed E-state index contributed by atoms with van der Waals surface area (Å²) in [6.45, 7) is 4.60. The van der Waals surface area contributed by atoms with E-state index in [9.17, 15) is 23.8 Å². The second kappa shape index (κ2) is 6.89. The first kappa shape index (κ1) is 18.1. The summed E-state index contributed by atoms with van der Waals surface area (Å²) in [5.74, 6) is -1.98. The molecule has 2 atom stereocenters. The predicted molar refractivity (Wildman–Crippen MR) is 76.0 cm³/mol. The zero-order valence-corrected chi connectivity index (χ0v) is 12.6. The Hall–Kier alpha value is -1.93. The van der Waals surface area contributed by atoms with Gasteiger partial charge in [0, 0.05) is 18.2 Å². The van der Waals surface area contributed by atoms with Gasteiger partial charge >= 0.3 is 6.09 Å². The smallest absolute Gasteiger partial charge is 0.407 e. The molecule has 1 amide bonds. The van der Waals surface area contributed by atoms with Gasteiger partial charge in [-0.2, -0.15) is 0 Å².